The number of hydrogen-bond acceptors (Lipinski definition) is 3. The molecule has 1 rings (SSSR count). The highest BCUT2D eigenvalue weighted by Gasteiger charge is 2.02. The number of thioether (sulfide) groups is 1. The molecular formula is C12H16O2S. The van der Waals surface area contributed by atoms with Gasteiger partial charge in [0.2, 0.25) is 5.12 Å². The smallest absolute Gasteiger partial charge is 0.226 e. The fourth-order valence-corrected chi connectivity index (χ4v) is 1.83. The molecule has 0 spiro atoms. The molecule has 1 aromatic carbocycles. The summed E-state index contributed by atoms with van der Waals surface area (Å²) in [6.07, 6.45) is 2.21. The van der Waals surface area contributed by atoms with Crippen molar-refractivity contribution in [3.63, 3.8) is 0 Å². The van der Waals surface area contributed by atoms with Crippen molar-refractivity contribution in [2.75, 3.05) is 12.4 Å². The van der Waals surface area contributed by atoms with E-state index < -0.39 is 0 Å². The standard InChI is InChI=1S/C12H16O2S/c1-2-3-9-15-12(13)10-14-11-7-5-4-6-8-11/h4-8H,2-3,9-10H2,1H3. The first kappa shape index (κ1) is 12.1. The molecule has 0 N–H and O–H groups in total. The highest BCUT2D eigenvalue weighted by molar-refractivity contribution is 8.13. The first-order valence-electron chi connectivity index (χ1n) is 5.16. The fraction of sp³-hybridized carbons (Fsp3) is 0.417. The van der Waals surface area contributed by atoms with Gasteiger partial charge in [-0.15, -0.1) is 0 Å². The van der Waals surface area contributed by atoms with Crippen molar-refractivity contribution in [1.29, 1.82) is 0 Å². The summed E-state index contributed by atoms with van der Waals surface area (Å²) in [4.78, 5) is 11.3. The second-order valence-corrected chi connectivity index (χ2v) is 4.33. The zero-order chi connectivity index (χ0) is 10.9. The second kappa shape index (κ2) is 7.35. The molecule has 3 heteroatoms. The molecule has 0 aliphatic rings. The average Bonchev–Trinajstić information content (AvgIpc) is 2.28. The van der Waals surface area contributed by atoms with E-state index in [1.54, 1.807) is 0 Å². The molecule has 82 valence electrons. The third-order valence-corrected chi connectivity index (χ3v) is 2.79. The van der Waals surface area contributed by atoms with Gasteiger partial charge < -0.3 is 4.74 Å². The van der Waals surface area contributed by atoms with E-state index in [0.29, 0.717) is 0 Å². The molecule has 1 aromatic rings. The minimum absolute atomic E-state index is 0.104. The Hall–Kier alpha value is -0.960. The zero-order valence-electron chi connectivity index (χ0n) is 8.94. The molecule has 0 heterocycles. The van der Waals surface area contributed by atoms with Crippen molar-refractivity contribution in [2.45, 2.75) is 19.8 Å². The molecule has 0 aliphatic heterocycles. The van der Waals surface area contributed by atoms with Crippen molar-refractivity contribution in [3.05, 3.63) is 30.3 Å². The predicted molar refractivity (Wildman–Crippen MR) is 64.3 cm³/mol. The minimum atomic E-state index is 0.104. The number of hydrogen-bond donors (Lipinski definition) is 0. The maximum absolute atomic E-state index is 11.3. The number of ether oxygens (including phenoxy) is 1. The van der Waals surface area contributed by atoms with Gasteiger partial charge in [-0.05, 0) is 18.6 Å². The van der Waals surface area contributed by atoms with Crippen LogP contribution in [-0.4, -0.2) is 17.5 Å². The average molecular weight is 224 g/mol. The summed E-state index contributed by atoms with van der Waals surface area (Å²) in [6, 6.07) is 9.41. The van der Waals surface area contributed by atoms with Gasteiger partial charge in [0.25, 0.3) is 0 Å². The van der Waals surface area contributed by atoms with Crippen LogP contribution in [-0.2, 0) is 4.79 Å². The van der Waals surface area contributed by atoms with Gasteiger partial charge >= 0.3 is 0 Å². The summed E-state index contributed by atoms with van der Waals surface area (Å²) >= 11 is 1.36. The fourth-order valence-electron chi connectivity index (χ4n) is 1.03. The van der Waals surface area contributed by atoms with Crippen molar-refractivity contribution in [1.82, 2.24) is 0 Å². The number of rotatable bonds is 6. The molecule has 0 unspecified atom stereocenters. The Balaban J connectivity index is 2.17. The lowest BCUT2D eigenvalue weighted by Crippen LogP contribution is -2.07. The first-order valence-corrected chi connectivity index (χ1v) is 6.15. The van der Waals surface area contributed by atoms with E-state index in [1.807, 2.05) is 30.3 Å². The molecule has 0 saturated heterocycles. The van der Waals surface area contributed by atoms with Crippen LogP contribution in [0.4, 0.5) is 0 Å². The molecule has 0 saturated carbocycles. The van der Waals surface area contributed by atoms with Crippen LogP contribution in [0.15, 0.2) is 30.3 Å². The number of para-hydroxylation sites is 1. The topological polar surface area (TPSA) is 26.3 Å². The Morgan fingerprint density at radius 3 is 2.73 bits per heavy atom. The molecule has 0 amide bonds. The Morgan fingerprint density at radius 2 is 2.07 bits per heavy atom. The van der Waals surface area contributed by atoms with Crippen molar-refractivity contribution < 1.29 is 9.53 Å². The monoisotopic (exact) mass is 224 g/mol. The summed E-state index contributed by atoms with van der Waals surface area (Å²) in [7, 11) is 0. The Kier molecular flexibility index (Phi) is 5.93. The van der Waals surface area contributed by atoms with Crippen LogP contribution < -0.4 is 4.74 Å². The summed E-state index contributed by atoms with van der Waals surface area (Å²) in [6.45, 7) is 2.28. The highest BCUT2D eigenvalue weighted by Crippen LogP contribution is 2.11. The summed E-state index contributed by atoms with van der Waals surface area (Å²) in [5.74, 6) is 1.65. The van der Waals surface area contributed by atoms with E-state index in [-0.39, 0.29) is 11.7 Å². The van der Waals surface area contributed by atoms with Crippen LogP contribution in [0.25, 0.3) is 0 Å². The van der Waals surface area contributed by atoms with E-state index in [0.717, 1.165) is 24.3 Å². The van der Waals surface area contributed by atoms with Gasteiger partial charge in [-0.1, -0.05) is 43.3 Å². The molecule has 0 radical (unpaired) electrons. The van der Waals surface area contributed by atoms with Gasteiger partial charge in [-0.3, -0.25) is 4.79 Å². The molecule has 0 aromatic heterocycles. The van der Waals surface area contributed by atoms with Crippen LogP contribution >= 0.6 is 11.8 Å². The third-order valence-electron chi connectivity index (χ3n) is 1.86. The number of carbonyl (C=O) groups is 1. The molecular weight excluding hydrogens is 208 g/mol. The van der Waals surface area contributed by atoms with E-state index in [2.05, 4.69) is 6.92 Å². The van der Waals surface area contributed by atoms with Gasteiger partial charge in [0.1, 0.15) is 5.75 Å². The summed E-state index contributed by atoms with van der Waals surface area (Å²) in [5.41, 5.74) is 0. The van der Waals surface area contributed by atoms with E-state index in [1.165, 1.54) is 11.8 Å². The SMILES string of the molecule is CCCCSC(=O)COc1ccccc1. The quantitative estimate of drug-likeness (QED) is 0.694. The number of carbonyl (C=O) groups excluding carboxylic acids is 1. The predicted octanol–water partition coefficient (Wildman–Crippen LogP) is 3.13. The molecule has 0 fully saturated rings. The maximum atomic E-state index is 11.3. The Morgan fingerprint density at radius 1 is 1.33 bits per heavy atom. The van der Waals surface area contributed by atoms with Crippen molar-refractivity contribution >= 4 is 16.9 Å². The summed E-state index contributed by atoms with van der Waals surface area (Å²) in [5, 5.41) is 0.104. The molecule has 15 heavy (non-hydrogen) atoms. The van der Waals surface area contributed by atoms with Crippen LogP contribution in [0.3, 0.4) is 0 Å². The highest BCUT2D eigenvalue weighted by atomic mass is 32.2. The Labute approximate surface area is 95.0 Å². The van der Waals surface area contributed by atoms with E-state index >= 15 is 0 Å². The lowest BCUT2D eigenvalue weighted by Gasteiger charge is -2.04. The molecule has 2 nitrogen and oxygen atoms in total. The Bertz CT molecular complexity index is 285. The van der Waals surface area contributed by atoms with E-state index in [9.17, 15) is 4.79 Å². The van der Waals surface area contributed by atoms with Gasteiger partial charge in [-0.2, -0.15) is 0 Å². The lowest BCUT2D eigenvalue weighted by molar-refractivity contribution is -0.112. The molecule has 0 aliphatic carbocycles. The van der Waals surface area contributed by atoms with Crippen molar-refractivity contribution in [2.24, 2.45) is 0 Å². The van der Waals surface area contributed by atoms with E-state index in [4.69, 9.17) is 4.74 Å². The van der Waals surface area contributed by atoms with Gasteiger partial charge in [-0.25, -0.2) is 0 Å². The lowest BCUT2D eigenvalue weighted by atomic mass is 10.3. The second-order valence-electron chi connectivity index (χ2n) is 3.18. The minimum Gasteiger partial charge on any atom is -0.485 e. The van der Waals surface area contributed by atoms with Gasteiger partial charge in [0.15, 0.2) is 6.61 Å². The molecule has 0 bridgehead atoms. The number of unbranched alkanes of at least 4 members (excludes halogenated alkanes) is 1. The van der Waals surface area contributed by atoms with Crippen LogP contribution in [0.1, 0.15) is 19.8 Å². The summed E-state index contributed by atoms with van der Waals surface area (Å²) < 4.78 is 5.33. The number of benzene rings is 1. The maximum Gasteiger partial charge on any atom is 0.226 e. The van der Waals surface area contributed by atoms with Crippen LogP contribution in [0, 0.1) is 0 Å². The van der Waals surface area contributed by atoms with Crippen LogP contribution in [0.5, 0.6) is 5.75 Å². The molecule has 0 atom stereocenters. The largest absolute Gasteiger partial charge is 0.485 e. The zero-order valence-corrected chi connectivity index (χ0v) is 9.76. The van der Waals surface area contributed by atoms with Gasteiger partial charge in [0.05, 0.1) is 0 Å². The van der Waals surface area contributed by atoms with Crippen molar-refractivity contribution in [3.8, 4) is 5.75 Å². The third kappa shape index (κ3) is 5.47. The first-order chi connectivity index (χ1) is 7.33. The van der Waals surface area contributed by atoms with Crippen LogP contribution in [0.2, 0.25) is 0 Å². The van der Waals surface area contributed by atoms with Gasteiger partial charge in [0, 0.05) is 5.75 Å². The normalized spacial score (nSPS) is 9.93.